The second kappa shape index (κ2) is 4.14. The van der Waals surface area contributed by atoms with Gasteiger partial charge in [-0.25, -0.2) is 0 Å². The summed E-state index contributed by atoms with van der Waals surface area (Å²) in [6.07, 6.45) is 0. The van der Waals surface area contributed by atoms with Crippen LogP contribution in [0.15, 0.2) is 18.2 Å². The molecule has 2 rings (SSSR count). The molecule has 0 saturated carbocycles. The lowest BCUT2D eigenvalue weighted by Gasteiger charge is -2.14. The molecule has 0 aliphatic heterocycles. The van der Waals surface area contributed by atoms with Crippen molar-refractivity contribution in [2.75, 3.05) is 11.9 Å². The van der Waals surface area contributed by atoms with Crippen LogP contribution in [-0.2, 0) is 4.79 Å². The van der Waals surface area contributed by atoms with Crippen LogP contribution in [-0.4, -0.2) is 23.2 Å². The molecule has 0 radical (unpaired) electrons. The number of nitrogens with two attached hydrogens (primary N) is 1. The minimum absolute atomic E-state index is 0.0519. The summed E-state index contributed by atoms with van der Waals surface area (Å²) in [5, 5.41) is 0.725. The molecule has 2 aromatic rings. The van der Waals surface area contributed by atoms with Gasteiger partial charge < -0.3 is 10.6 Å². The fraction of sp³-hybridized carbons (Fsp3) is 0.182. The number of benzene rings is 1. The van der Waals surface area contributed by atoms with Crippen molar-refractivity contribution in [3.05, 3.63) is 23.9 Å². The standard InChI is InChI=1S/C11H11N3O2S/c1-6(15)14(2)7-3-4-8-9(5-7)17-13-10(8)11(12)16/h3-5H,1-2H3,(H2,12,16). The van der Waals surface area contributed by atoms with Gasteiger partial charge in [0.15, 0.2) is 0 Å². The van der Waals surface area contributed by atoms with Gasteiger partial charge in [0.2, 0.25) is 5.91 Å². The quantitative estimate of drug-likeness (QED) is 0.873. The van der Waals surface area contributed by atoms with Crippen molar-refractivity contribution in [2.45, 2.75) is 6.92 Å². The average Bonchev–Trinajstić information content (AvgIpc) is 2.70. The van der Waals surface area contributed by atoms with Crippen molar-refractivity contribution in [1.29, 1.82) is 0 Å². The minimum Gasteiger partial charge on any atom is -0.364 e. The summed E-state index contributed by atoms with van der Waals surface area (Å²) >= 11 is 1.20. The molecule has 2 N–H and O–H groups in total. The van der Waals surface area contributed by atoms with Crippen LogP contribution in [0.5, 0.6) is 0 Å². The van der Waals surface area contributed by atoms with Gasteiger partial charge in [-0.15, -0.1) is 0 Å². The van der Waals surface area contributed by atoms with E-state index in [0.717, 1.165) is 15.8 Å². The molecular formula is C11H11N3O2S. The van der Waals surface area contributed by atoms with Crippen molar-refractivity contribution in [2.24, 2.45) is 5.73 Å². The number of rotatable bonds is 2. The van der Waals surface area contributed by atoms with Crippen LogP contribution < -0.4 is 10.6 Å². The number of aromatic nitrogens is 1. The largest absolute Gasteiger partial charge is 0.364 e. The van der Waals surface area contributed by atoms with E-state index in [9.17, 15) is 9.59 Å². The van der Waals surface area contributed by atoms with E-state index in [-0.39, 0.29) is 11.6 Å². The molecule has 1 heterocycles. The van der Waals surface area contributed by atoms with Gasteiger partial charge >= 0.3 is 0 Å². The molecule has 5 nitrogen and oxygen atoms in total. The highest BCUT2D eigenvalue weighted by Gasteiger charge is 2.13. The minimum atomic E-state index is -0.538. The van der Waals surface area contributed by atoms with Crippen LogP contribution in [0.4, 0.5) is 5.69 Å². The molecule has 17 heavy (non-hydrogen) atoms. The van der Waals surface area contributed by atoms with Crippen LogP contribution in [0.1, 0.15) is 17.4 Å². The molecule has 88 valence electrons. The molecular weight excluding hydrogens is 238 g/mol. The van der Waals surface area contributed by atoms with E-state index in [1.54, 1.807) is 19.2 Å². The van der Waals surface area contributed by atoms with Crippen molar-refractivity contribution in [1.82, 2.24) is 4.37 Å². The third-order valence-corrected chi connectivity index (χ3v) is 3.36. The lowest BCUT2D eigenvalue weighted by molar-refractivity contribution is -0.116. The highest BCUT2D eigenvalue weighted by molar-refractivity contribution is 7.13. The second-order valence-corrected chi connectivity index (χ2v) is 4.46. The number of fused-ring (bicyclic) bond motifs is 1. The SMILES string of the molecule is CC(=O)N(C)c1ccc2c(C(N)=O)nsc2c1. The molecule has 0 aliphatic carbocycles. The van der Waals surface area contributed by atoms with Gasteiger partial charge in [0.1, 0.15) is 5.69 Å². The number of nitrogens with zero attached hydrogens (tertiary/aromatic N) is 2. The van der Waals surface area contributed by atoms with Gasteiger partial charge in [-0.1, -0.05) is 0 Å². The van der Waals surface area contributed by atoms with Crippen molar-refractivity contribution in [3.8, 4) is 0 Å². The van der Waals surface area contributed by atoms with Crippen LogP contribution in [0, 0.1) is 0 Å². The Morgan fingerprint density at radius 2 is 2.12 bits per heavy atom. The average molecular weight is 249 g/mol. The van der Waals surface area contributed by atoms with E-state index in [1.807, 2.05) is 6.07 Å². The molecule has 1 aromatic carbocycles. The summed E-state index contributed by atoms with van der Waals surface area (Å²) < 4.78 is 4.84. The maximum Gasteiger partial charge on any atom is 0.269 e. The predicted molar refractivity (Wildman–Crippen MR) is 67.2 cm³/mol. The van der Waals surface area contributed by atoms with Crippen LogP contribution in [0.25, 0.3) is 10.1 Å². The van der Waals surface area contributed by atoms with E-state index in [0.29, 0.717) is 0 Å². The van der Waals surface area contributed by atoms with Crippen LogP contribution >= 0.6 is 11.5 Å². The van der Waals surface area contributed by atoms with Gasteiger partial charge in [0, 0.05) is 25.0 Å². The van der Waals surface area contributed by atoms with E-state index in [2.05, 4.69) is 4.37 Å². The normalized spacial score (nSPS) is 10.5. The molecule has 0 atom stereocenters. The molecule has 0 saturated heterocycles. The van der Waals surface area contributed by atoms with Crippen LogP contribution in [0.2, 0.25) is 0 Å². The van der Waals surface area contributed by atoms with E-state index in [4.69, 9.17) is 5.73 Å². The number of anilines is 1. The number of hydrogen-bond donors (Lipinski definition) is 1. The summed E-state index contributed by atoms with van der Waals surface area (Å²) in [6, 6.07) is 5.35. The zero-order valence-corrected chi connectivity index (χ0v) is 10.2. The lowest BCUT2D eigenvalue weighted by atomic mass is 10.2. The molecule has 2 amide bonds. The van der Waals surface area contributed by atoms with Gasteiger partial charge in [0.05, 0.1) is 4.70 Å². The Balaban J connectivity index is 2.53. The number of primary amides is 1. The second-order valence-electron chi connectivity index (χ2n) is 3.65. The number of hydrogen-bond acceptors (Lipinski definition) is 4. The van der Waals surface area contributed by atoms with Crippen molar-refractivity contribution in [3.63, 3.8) is 0 Å². The van der Waals surface area contributed by atoms with Gasteiger partial charge in [-0.2, -0.15) is 4.37 Å². The van der Waals surface area contributed by atoms with E-state index < -0.39 is 5.91 Å². The van der Waals surface area contributed by atoms with E-state index >= 15 is 0 Å². The number of carbonyl (C=O) groups is 2. The topological polar surface area (TPSA) is 76.3 Å². The molecule has 6 heteroatoms. The van der Waals surface area contributed by atoms with Gasteiger partial charge in [0.25, 0.3) is 5.91 Å². The monoisotopic (exact) mass is 249 g/mol. The van der Waals surface area contributed by atoms with Crippen molar-refractivity contribution >= 4 is 39.1 Å². The summed E-state index contributed by atoms with van der Waals surface area (Å²) in [5.41, 5.74) is 6.26. The maximum absolute atomic E-state index is 11.2. The summed E-state index contributed by atoms with van der Waals surface area (Å²) in [7, 11) is 1.69. The Morgan fingerprint density at radius 3 is 2.71 bits per heavy atom. The smallest absolute Gasteiger partial charge is 0.269 e. The Hall–Kier alpha value is -1.95. The lowest BCUT2D eigenvalue weighted by Crippen LogP contribution is -2.22. The number of amides is 2. The first-order valence-corrected chi connectivity index (χ1v) is 5.71. The Labute approximate surface area is 102 Å². The fourth-order valence-electron chi connectivity index (χ4n) is 1.49. The zero-order valence-electron chi connectivity index (χ0n) is 9.43. The summed E-state index contributed by atoms with van der Waals surface area (Å²) in [5.74, 6) is -0.590. The Bertz CT molecular complexity index is 606. The molecule has 0 aliphatic rings. The predicted octanol–water partition coefficient (Wildman–Crippen LogP) is 1.38. The fourth-order valence-corrected chi connectivity index (χ4v) is 2.31. The third kappa shape index (κ3) is 1.99. The van der Waals surface area contributed by atoms with E-state index in [1.165, 1.54) is 23.4 Å². The van der Waals surface area contributed by atoms with Gasteiger partial charge in [-0.3, -0.25) is 9.59 Å². The molecule has 1 aromatic heterocycles. The number of carbonyl (C=O) groups excluding carboxylic acids is 2. The molecule has 0 unspecified atom stereocenters. The van der Waals surface area contributed by atoms with Crippen molar-refractivity contribution < 1.29 is 9.59 Å². The first-order chi connectivity index (χ1) is 8.00. The Morgan fingerprint density at radius 1 is 1.41 bits per heavy atom. The first-order valence-electron chi connectivity index (χ1n) is 4.94. The molecule has 0 fully saturated rings. The zero-order chi connectivity index (χ0) is 12.6. The highest BCUT2D eigenvalue weighted by Crippen LogP contribution is 2.27. The van der Waals surface area contributed by atoms with Crippen LogP contribution in [0.3, 0.4) is 0 Å². The first kappa shape index (κ1) is 11.5. The Kier molecular flexibility index (Phi) is 2.81. The molecule has 0 spiro atoms. The van der Waals surface area contributed by atoms with Gasteiger partial charge in [-0.05, 0) is 29.7 Å². The third-order valence-electron chi connectivity index (χ3n) is 2.55. The highest BCUT2D eigenvalue weighted by atomic mass is 32.1. The maximum atomic E-state index is 11.2. The summed E-state index contributed by atoms with van der Waals surface area (Å²) in [4.78, 5) is 23.9. The molecule has 0 bridgehead atoms. The summed E-state index contributed by atoms with van der Waals surface area (Å²) in [6.45, 7) is 1.49.